The number of hydrogen-bond donors (Lipinski definition) is 9. The lowest BCUT2D eigenvalue weighted by atomic mass is 10.0. The fourth-order valence-electron chi connectivity index (χ4n) is 6.10. The first-order valence-electron chi connectivity index (χ1n) is 20.4. The van der Waals surface area contributed by atoms with Crippen molar-refractivity contribution < 1.29 is 24.0 Å². The Bertz CT molecular complexity index is 956. The maximum atomic E-state index is 13.7. The predicted octanol–water partition coefficient (Wildman–Crippen LogP) is 2.63. The Kier molecular flexibility index (Phi) is 32.2. The number of primary amides is 1. The highest BCUT2D eigenvalue weighted by Crippen LogP contribution is 2.13. The lowest BCUT2D eigenvalue weighted by Gasteiger charge is -2.26. The lowest BCUT2D eigenvalue weighted by Crippen LogP contribution is -2.58. The van der Waals surface area contributed by atoms with Crippen LogP contribution in [0.4, 0.5) is 0 Å². The molecule has 0 aromatic carbocycles. The van der Waals surface area contributed by atoms with E-state index in [0.29, 0.717) is 96.8 Å². The molecule has 0 saturated heterocycles. The van der Waals surface area contributed by atoms with Crippen LogP contribution in [0.2, 0.25) is 0 Å². The van der Waals surface area contributed by atoms with Gasteiger partial charge in [-0.3, -0.25) is 24.0 Å². The van der Waals surface area contributed by atoms with E-state index in [1.54, 1.807) is 0 Å². The minimum Gasteiger partial charge on any atom is -0.368 e. The first-order chi connectivity index (χ1) is 25.1. The summed E-state index contributed by atoms with van der Waals surface area (Å²) >= 11 is 0. The van der Waals surface area contributed by atoms with Gasteiger partial charge in [0.15, 0.2) is 0 Å². The Labute approximate surface area is 314 Å². The summed E-state index contributed by atoms with van der Waals surface area (Å²) < 4.78 is 0. The first kappa shape index (κ1) is 49.2. The van der Waals surface area contributed by atoms with Crippen molar-refractivity contribution in [1.29, 1.82) is 0 Å². The molecule has 304 valence electrons. The van der Waals surface area contributed by atoms with E-state index < -0.39 is 47.8 Å². The van der Waals surface area contributed by atoms with Crippen molar-refractivity contribution in [2.45, 2.75) is 185 Å². The van der Waals surface area contributed by atoms with Crippen molar-refractivity contribution in [3.8, 4) is 0 Å². The minimum atomic E-state index is -0.977. The number of nitrogens with one attached hydrogen (secondary N) is 4. The van der Waals surface area contributed by atoms with Crippen LogP contribution < -0.4 is 49.9 Å². The fourth-order valence-corrected chi connectivity index (χ4v) is 6.10. The number of rotatable bonds is 36. The summed E-state index contributed by atoms with van der Waals surface area (Å²) in [5.41, 5.74) is 28.2. The fraction of sp³-hybridized carbons (Fsp3) is 0.868. The van der Waals surface area contributed by atoms with Gasteiger partial charge in [0.25, 0.3) is 0 Å². The van der Waals surface area contributed by atoms with Crippen LogP contribution in [-0.2, 0) is 24.0 Å². The van der Waals surface area contributed by atoms with Gasteiger partial charge in [-0.25, -0.2) is 0 Å². The number of nitrogens with two attached hydrogens (primary N) is 5. The second-order valence-electron chi connectivity index (χ2n) is 14.1. The molecular formula is C38H77N9O5. The van der Waals surface area contributed by atoms with E-state index in [4.69, 9.17) is 28.7 Å². The molecule has 14 heteroatoms. The first-order valence-corrected chi connectivity index (χ1v) is 20.4. The van der Waals surface area contributed by atoms with Crippen molar-refractivity contribution in [3.05, 3.63) is 0 Å². The number of amides is 5. The van der Waals surface area contributed by atoms with Gasteiger partial charge in [-0.2, -0.15) is 0 Å². The zero-order valence-electron chi connectivity index (χ0n) is 32.5. The van der Waals surface area contributed by atoms with Crippen molar-refractivity contribution in [2.75, 3.05) is 26.2 Å². The third-order valence-electron chi connectivity index (χ3n) is 9.37. The molecule has 0 aliphatic heterocycles. The van der Waals surface area contributed by atoms with E-state index in [0.717, 1.165) is 19.3 Å². The van der Waals surface area contributed by atoms with Gasteiger partial charge in [-0.1, -0.05) is 71.1 Å². The molecule has 5 amide bonds. The van der Waals surface area contributed by atoms with E-state index >= 15 is 0 Å². The van der Waals surface area contributed by atoms with Gasteiger partial charge in [0.05, 0.1) is 0 Å². The van der Waals surface area contributed by atoms with E-state index in [1.807, 2.05) is 0 Å². The Morgan fingerprint density at radius 2 is 0.712 bits per heavy atom. The van der Waals surface area contributed by atoms with Crippen LogP contribution in [0.5, 0.6) is 0 Å². The van der Waals surface area contributed by atoms with Crippen LogP contribution in [0.15, 0.2) is 0 Å². The molecule has 14 N–H and O–H groups in total. The largest absolute Gasteiger partial charge is 0.368 e. The molecular weight excluding hydrogens is 662 g/mol. The van der Waals surface area contributed by atoms with E-state index in [-0.39, 0.29) is 18.7 Å². The van der Waals surface area contributed by atoms with Gasteiger partial charge in [-0.15, -0.1) is 0 Å². The van der Waals surface area contributed by atoms with E-state index in [1.165, 1.54) is 51.4 Å². The second-order valence-corrected chi connectivity index (χ2v) is 14.1. The Morgan fingerprint density at radius 3 is 1.06 bits per heavy atom. The summed E-state index contributed by atoms with van der Waals surface area (Å²) in [6.45, 7) is 3.97. The second kappa shape index (κ2) is 34.0. The molecule has 0 bridgehead atoms. The maximum absolute atomic E-state index is 13.7. The lowest BCUT2D eigenvalue weighted by molar-refractivity contribution is -0.134. The molecule has 14 nitrogen and oxygen atoms in total. The highest BCUT2D eigenvalue weighted by Gasteiger charge is 2.30. The summed E-state index contributed by atoms with van der Waals surface area (Å²) in [6, 6.07) is -3.68. The average Bonchev–Trinajstić information content (AvgIpc) is 3.12. The van der Waals surface area contributed by atoms with Crippen LogP contribution in [0, 0.1) is 0 Å². The topological polar surface area (TPSA) is 264 Å². The number of carbonyl (C=O) groups is 5. The van der Waals surface area contributed by atoms with Gasteiger partial charge in [0.1, 0.15) is 24.2 Å². The molecule has 0 spiro atoms. The maximum Gasteiger partial charge on any atom is 0.243 e. The van der Waals surface area contributed by atoms with Gasteiger partial charge >= 0.3 is 0 Å². The van der Waals surface area contributed by atoms with Crippen LogP contribution in [-0.4, -0.2) is 79.9 Å². The normalized spacial score (nSPS) is 13.5. The third kappa shape index (κ3) is 26.0. The van der Waals surface area contributed by atoms with Crippen LogP contribution in [0.25, 0.3) is 0 Å². The Balaban J connectivity index is 5.47. The van der Waals surface area contributed by atoms with Crippen molar-refractivity contribution >= 4 is 29.5 Å². The van der Waals surface area contributed by atoms with Crippen molar-refractivity contribution in [3.63, 3.8) is 0 Å². The quantitative estimate of drug-likeness (QED) is 0.0427. The van der Waals surface area contributed by atoms with E-state index in [2.05, 4.69) is 28.2 Å². The molecule has 0 aliphatic carbocycles. The molecule has 0 heterocycles. The molecule has 0 radical (unpaired) electrons. The highest BCUT2D eigenvalue weighted by molar-refractivity contribution is 5.95. The Hall–Kier alpha value is -2.81. The highest BCUT2D eigenvalue weighted by atomic mass is 16.2. The summed E-state index contributed by atoms with van der Waals surface area (Å²) in [6.07, 6.45) is 19.6. The van der Waals surface area contributed by atoms with Crippen molar-refractivity contribution in [2.24, 2.45) is 28.7 Å². The molecule has 4 atom stereocenters. The molecule has 0 fully saturated rings. The molecule has 0 aromatic rings. The van der Waals surface area contributed by atoms with Gasteiger partial charge in [0.2, 0.25) is 29.5 Å². The van der Waals surface area contributed by atoms with Gasteiger partial charge < -0.3 is 49.9 Å². The van der Waals surface area contributed by atoms with Gasteiger partial charge in [0, 0.05) is 6.42 Å². The molecule has 52 heavy (non-hydrogen) atoms. The number of unbranched alkanes of at least 4 members (excludes halogenated alkanes) is 14. The standard InChI is InChI=1S/C38H77N9O5/c1-2-3-4-5-6-7-8-9-10-11-12-25-34(48)44-31(22-14-18-27-40)36(50)46-33(24-16-20-29-42)38(52)47-32(23-15-19-28-41)37(51)45-30(35(43)49)21-13-17-26-39/h30-33H,2-29,39-42H2,1H3,(H2,43,49)(H,44,48)(H,45,51)(H,46,50)(H,47,52). The monoisotopic (exact) mass is 740 g/mol. The molecule has 0 rings (SSSR count). The third-order valence-corrected chi connectivity index (χ3v) is 9.37. The zero-order valence-corrected chi connectivity index (χ0v) is 32.5. The van der Waals surface area contributed by atoms with Crippen LogP contribution in [0.1, 0.15) is 161 Å². The van der Waals surface area contributed by atoms with Gasteiger partial charge in [-0.05, 0) is 110 Å². The SMILES string of the molecule is CCCCCCCCCCCCCC(=O)NC(CCCCN)C(=O)NC(CCCCN)C(=O)NC(CCCCN)C(=O)NC(CCCCN)C(N)=O. The summed E-state index contributed by atoms with van der Waals surface area (Å²) in [5.74, 6) is -2.40. The average molecular weight is 740 g/mol. The Morgan fingerprint density at radius 1 is 0.404 bits per heavy atom. The number of carbonyl (C=O) groups excluding carboxylic acids is 5. The van der Waals surface area contributed by atoms with Crippen LogP contribution >= 0.6 is 0 Å². The smallest absolute Gasteiger partial charge is 0.243 e. The summed E-state index contributed by atoms with van der Waals surface area (Å²) in [5, 5.41) is 11.2. The number of hydrogen-bond acceptors (Lipinski definition) is 9. The van der Waals surface area contributed by atoms with Crippen LogP contribution in [0.3, 0.4) is 0 Å². The van der Waals surface area contributed by atoms with E-state index in [9.17, 15) is 24.0 Å². The molecule has 4 unspecified atom stereocenters. The molecule has 0 saturated carbocycles. The minimum absolute atomic E-state index is 0.194. The molecule has 0 aromatic heterocycles. The zero-order chi connectivity index (χ0) is 38.8. The predicted molar refractivity (Wildman–Crippen MR) is 210 cm³/mol. The molecule has 0 aliphatic rings. The summed E-state index contributed by atoms with van der Waals surface area (Å²) in [4.78, 5) is 65.7. The summed E-state index contributed by atoms with van der Waals surface area (Å²) in [7, 11) is 0. The van der Waals surface area contributed by atoms with Crippen molar-refractivity contribution in [1.82, 2.24) is 21.3 Å².